The summed E-state index contributed by atoms with van der Waals surface area (Å²) in [6.45, 7) is 1.61. The molecule has 6 heteroatoms. The Balaban J connectivity index is 1.34. The highest BCUT2D eigenvalue weighted by molar-refractivity contribution is 5.76. The zero-order valence-corrected chi connectivity index (χ0v) is 16.3. The van der Waals surface area contributed by atoms with E-state index in [1.54, 1.807) is 18.2 Å². The molecule has 0 spiro atoms. The zero-order valence-electron chi connectivity index (χ0n) is 16.3. The molecule has 28 heavy (non-hydrogen) atoms. The van der Waals surface area contributed by atoms with Gasteiger partial charge in [0.25, 0.3) is 0 Å². The van der Waals surface area contributed by atoms with Crippen LogP contribution in [0.4, 0.5) is 4.39 Å². The molecule has 1 aliphatic carbocycles. The van der Waals surface area contributed by atoms with Crippen LogP contribution in [0, 0.1) is 17.7 Å². The third-order valence-corrected chi connectivity index (χ3v) is 6.11. The number of rotatable bonds is 5. The monoisotopic (exact) mass is 385 g/mol. The smallest absolute Gasteiger partial charge is 0.227 e. The van der Waals surface area contributed by atoms with Gasteiger partial charge in [0.1, 0.15) is 5.82 Å². The molecule has 1 atom stereocenters. The number of carbonyl (C=O) groups is 1. The molecule has 1 aromatic carbocycles. The predicted molar refractivity (Wildman–Crippen MR) is 104 cm³/mol. The number of halogens is 1. The minimum Gasteiger partial charge on any atom is -0.342 e. The van der Waals surface area contributed by atoms with Gasteiger partial charge in [0.05, 0.1) is 5.56 Å². The van der Waals surface area contributed by atoms with Crippen molar-refractivity contribution in [2.45, 2.75) is 57.8 Å². The number of hydrogen-bond donors (Lipinski definition) is 0. The van der Waals surface area contributed by atoms with Gasteiger partial charge >= 0.3 is 0 Å². The molecule has 1 aromatic heterocycles. The van der Waals surface area contributed by atoms with E-state index in [9.17, 15) is 9.18 Å². The highest BCUT2D eigenvalue weighted by Crippen LogP contribution is 2.28. The Morgan fingerprint density at radius 3 is 2.71 bits per heavy atom. The summed E-state index contributed by atoms with van der Waals surface area (Å²) < 4.78 is 19.3. The molecule has 0 radical (unpaired) electrons. The van der Waals surface area contributed by atoms with Gasteiger partial charge in [-0.2, -0.15) is 4.98 Å². The van der Waals surface area contributed by atoms with Crippen LogP contribution in [0.5, 0.6) is 0 Å². The van der Waals surface area contributed by atoms with Crippen molar-refractivity contribution in [1.29, 1.82) is 0 Å². The zero-order chi connectivity index (χ0) is 19.3. The maximum Gasteiger partial charge on any atom is 0.227 e. The summed E-state index contributed by atoms with van der Waals surface area (Å²) in [4.78, 5) is 19.1. The first-order valence-corrected chi connectivity index (χ1v) is 10.5. The maximum atomic E-state index is 13.9. The molecule has 5 nitrogen and oxygen atoms in total. The van der Waals surface area contributed by atoms with E-state index in [2.05, 4.69) is 10.1 Å². The minimum absolute atomic E-state index is 0.286. The number of carbonyl (C=O) groups excluding carboxylic acids is 1. The van der Waals surface area contributed by atoms with Crippen LogP contribution < -0.4 is 0 Å². The quantitative estimate of drug-likeness (QED) is 0.753. The lowest BCUT2D eigenvalue weighted by molar-refractivity contribution is -0.134. The standard InChI is InChI=1S/C22H28FN3O2/c23-19-11-5-4-10-18(19)22-24-20(28-25-22)13-17-9-6-12-26(15-17)21(27)14-16-7-2-1-3-8-16/h4-5,10-11,16-17H,1-3,6-9,12-15H2. The van der Waals surface area contributed by atoms with Gasteiger partial charge in [-0.05, 0) is 49.7 Å². The fraction of sp³-hybridized carbons (Fsp3) is 0.591. The van der Waals surface area contributed by atoms with E-state index in [4.69, 9.17) is 4.52 Å². The maximum absolute atomic E-state index is 13.9. The van der Waals surface area contributed by atoms with Crippen molar-refractivity contribution in [3.05, 3.63) is 36.0 Å². The number of nitrogens with zero attached hydrogens (tertiary/aromatic N) is 3. The van der Waals surface area contributed by atoms with Crippen LogP contribution in [0.15, 0.2) is 28.8 Å². The van der Waals surface area contributed by atoms with Crippen molar-refractivity contribution in [1.82, 2.24) is 15.0 Å². The molecule has 0 N–H and O–H groups in total. The normalized spacial score (nSPS) is 21.0. The van der Waals surface area contributed by atoms with E-state index >= 15 is 0 Å². The Morgan fingerprint density at radius 1 is 1.11 bits per heavy atom. The molecule has 1 amide bonds. The Kier molecular flexibility index (Phi) is 6.03. The Labute approximate surface area is 165 Å². The lowest BCUT2D eigenvalue weighted by Crippen LogP contribution is -2.41. The molecule has 1 aliphatic heterocycles. The van der Waals surface area contributed by atoms with Gasteiger partial charge in [-0.25, -0.2) is 4.39 Å². The third kappa shape index (κ3) is 4.59. The van der Waals surface area contributed by atoms with Crippen LogP contribution in [0.1, 0.15) is 57.3 Å². The Morgan fingerprint density at radius 2 is 1.89 bits per heavy atom. The van der Waals surface area contributed by atoms with Crippen molar-refractivity contribution in [3.63, 3.8) is 0 Å². The first-order valence-electron chi connectivity index (χ1n) is 10.5. The second-order valence-corrected chi connectivity index (χ2v) is 8.25. The van der Waals surface area contributed by atoms with Gasteiger partial charge in [0.15, 0.2) is 0 Å². The van der Waals surface area contributed by atoms with Crippen LogP contribution >= 0.6 is 0 Å². The second-order valence-electron chi connectivity index (χ2n) is 8.25. The van der Waals surface area contributed by atoms with E-state index in [1.165, 1.54) is 38.2 Å². The highest BCUT2D eigenvalue weighted by atomic mass is 19.1. The summed E-state index contributed by atoms with van der Waals surface area (Å²) in [5.74, 6) is 1.64. The van der Waals surface area contributed by atoms with Crippen molar-refractivity contribution < 1.29 is 13.7 Å². The van der Waals surface area contributed by atoms with Crippen molar-refractivity contribution in [3.8, 4) is 11.4 Å². The van der Waals surface area contributed by atoms with Crippen molar-refractivity contribution in [2.24, 2.45) is 11.8 Å². The largest absolute Gasteiger partial charge is 0.342 e. The predicted octanol–water partition coefficient (Wildman–Crippen LogP) is 4.63. The summed E-state index contributed by atoms with van der Waals surface area (Å²) in [7, 11) is 0. The fourth-order valence-corrected chi connectivity index (χ4v) is 4.56. The topological polar surface area (TPSA) is 59.2 Å². The van der Waals surface area contributed by atoms with Gasteiger partial charge in [-0.15, -0.1) is 0 Å². The summed E-state index contributed by atoms with van der Waals surface area (Å²) in [5.41, 5.74) is 0.352. The first-order chi connectivity index (χ1) is 13.7. The molecule has 150 valence electrons. The molecule has 4 rings (SSSR count). The van der Waals surface area contributed by atoms with Gasteiger partial charge in [-0.1, -0.05) is 36.6 Å². The van der Waals surface area contributed by atoms with Crippen molar-refractivity contribution >= 4 is 5.91 Å². The molecule has 2 aliphatic rings. The lowest BCUT2D eigenvalue weighted by Gasteiger charge is -2.33. The number of benzene rings is 1. The number of aromatic nitrogens is 2. The average molecular weight is 385 g/mol. The molecule has 0 bridgehead atoms. The minimum atomic E-state index is -0.355. The summed E-state index contributed by atoms with van der Waals surface area (Å²) in [5, 5.41) is 3.94. The van der Waals surface area contributed by atoms with E-state index in [-0.39, 0.29) is 11.6 Å². The molecule has 2 aromatic rings. The highest BCUT2D eigenvalue weighted by Gasteiger charge is 2.27. The molecule has 1 unspecified atom stereocenters. The number of hydrogen-bond acceptors (Lipinski definition) is 4. The van der Waals surface area contributed by atoms with E-state index < -0.39 is 0 Å². The average Bonchev–Trinajstić information content (AvgIpc) is 3.17. The van der Waals surface area contributed by atoms with Gasteiger partial charge in [-0.3, -0.25) is 4.79 Å². The summed E-state index contributed by atoms with van der Waals surface area (Å²) in [6.07, 6.45) is 9.63. The molecular weight excluding hydrogens is 357 g/mol. The van der Waals surface area contributed by atoms with Gasteiger partial charge < -0.3 is 9.42 Å². The molecule has 2 heterocycles. The van der Waals surface area contributed by atoms with E-state index in [1.807, 2.05) is 4.90 Å². The van der Waals surface area contributed by atoms with Crippen LogP contribution in [0.2, 0.25) is 0 Å². The van der Waals surface area contributed by atoms with Crippen LogP contribution in [0.25, 0.3) is 11.4 Å². The van der Waals surface area contributed by atoms with E-state index in [0.29, 0.717) is 42.0 Å². The van der Waals surface area contributed by atoms with Gasteiger partial charge in [0, 0.05) is 25.9 Å². The molecule has 1 saturated heterocycles. The summed E-state index contributed by atoms with van der Waals surface area (Å²) >= 11 is 0. The van der Waals surface area contributed by atoms with Crippen LogP contribution in [-0.4, -0.2) is 34.0 Å². The number of amides is 1. The summed E-state index contributed by atoms with van der Waals surface area (Å²) in [6, 6.07) is 6.44. The van der Waals surface area contributed by atoms with Gasteiger partial charge in [0.2, 0.25) is 17.6 Å². The lowest BCUT2D eigenvalue weighted by atomic mass is 9.86. The Bertz CT molecular complexity index is 801. The van der Waals surface area contributed by atoms with Crippen LogP contribution in [0.3, 0.4) is 0 Å². The molecular formula is C22H28FN3O2. The number of piperidine rings is 1. The van der Waals surface area contributed by atoms with Crippen molar-refractivity contribution in [2.75, 3.05) is 13.1 Å². The SMILES string of the molecule is O=C(CC1CCCCC1)N1CCCC(Cc2nc(-c3ccccc3F)no2)C1. The Hall–Kier alpha value is -2.24. The van der Waals surface area contributed by atoms with Crippen LogP contribution in [-0.2, 0) is 11.2 Å². The molecule has 1 saturated carbocycles. The molecule has 2 fully saturated rings. The fourth-order valence-electron chi connectivity index (χ4n) is 4.56. The third-order valence-electron chi connectivity index (χ3n) is 6.11. The first kappa shape index (κ1) is 19.1. The second kappa shape index (κ2) is 8.84. The van der Waals surface area contributed by atoms with E-state index in [0.717, 1.165) is 25.9 Å². The number of likely N-dealkylation sites (tertiary alicyclic amines) is 1.